The van der Waals surface area contributed by atoms with Crippen LogP contribution in [-0.4, -0.2) is 92.8 Å². The van der Waals surface area contributed by atoms with E-state index in [1.165, 1.54) is 13.4 Å². The molecule has 0 aliphatic carbocycles. The van der Waals surface area contributed by atoms with Crippen LogP contribution in [0.3, 0.4) is 0 Å². The predicted molar refractivity (Wildman–Crippen MR) is 214 cm³/mol. The highest BCUT2D eigenvalue weighted by atomic mass is 16.6. The second-order valence-electron chi connectivity index (χ2n) is 13.6. The van der Waals surface area contributed by atoms with Crippen molar-refractivity contribution >= 4 is 35.3 Å². The fraction of sp³-hybridized carbons (Fsp3) is 0.250. The topological polar surface area (TPSA) is 191 Å². The van der Waals surface area contributed by atoms with Gasteiger partial charge in [-0.05, 0) is 28.8 Å². The van der Waals surface area contributed by atoms with Crippen LogP contribution >= 0.6 is 0 Å². The van der Waals surface area contributed by atoms with E-state index >= 15 is 0 Å². The van der Waals surface area contributed by atoms with Crippen molar-refractivity contribution in [3.8, 4) is 17.7 Å². The summed E-state index contributed by atoms with van der Waals surface area (Å²) < 4.78 is 25.6. The third kappa shape index (κ3) is 8.10. The summed E-state index contributed by atoms with van der Waals surface area (Å²) >= 11 is 0. The SMILES string of the molecule is CO[C@](CC=O)(C(=O)O)C1CN(C(c2ccccc2)(c2ccccc2)c2ccccc2)C[C@H](n2cnc3c(OCCC#N)nc(NC(=O)COc4ccccc4)nc32)O1. The van der Waals surface area contributed by atoms with Crippen molar-refractivity contribution in [2.45, 2.75) is 36.3 Å². The second-order valence-corrected chi connectivity index (χ2v) is 13.6. The number of benzene rings is 4. The molecule has 1 aliphatic rings. The van der Waals surface area contributed by atoms with Gasteiger partial charge in [-0.15, -0.1) is 0 Å². The zero-order valence-electron chi connectivity index (χ0n) is 32.1. The maximum absolute atomic E-state index is 13.3. The number of ether oxygens (including phenoxy) is 4. The first-order chi connectivity index (χ1) is 28.8. The van der Waals surface area contributed by atoms with Gasteiger partial charge in [0.1, 0.15) is 31.0 Å². The van der Waals surface area contributed by atoms with Crippen LogP contribution in [0.2, 0.25) is 0 Å². The van der Waals surface area contributed by atoms with E-state index in [9.17, 15) is 24.8 Å². The standard InChI is InChI=1S/C44H41N7O8/c1-56-43(23-25-52,41(54)55)35-27-50(44(31-15-6-2-7-16-31,32-17-8-3-9-18-32)33-19-10-4-11-20-33)28-37(59-35)51-30-46-38-39(51)48-42(49-40(38)57-26-14-24-45)47-36(53)29-58-34-21-12-5-13-22-34/h2-13,15-22,25,30,35,37H,14,23,26-29H2,1H3,(H,54,55)(H,47,48,49,53)/t35?,37-,43+/m1/s1. The van der Waals surface area contributed by atoms with E-state index in [-0.39, 0.29) is 55.7 Å². The maximum atomic E-state index is 13.3. The Balaban J connectivity index is 1.39. The summed E-state index contributed by atoms with van der Waals surface area (Å²) in [5.41, 5.74) is -0.113. The largest absolute Gasteiger partial charge is 0.484 e. The summed E-state index contributed by atoms with van der Waals surface area (Å²) in [6, 6.07) is 40.5. The van der Waals surface area contributed by atoms with E-state index in [2.05, 4.69) is 25.2 Å². The van der Waals surface area contributed by atoms with Gasteiger partial charge in [0.25, 0.3) is 5.91 Å². The molecule has 4 aromatic carbocycles. The van der Waals surface area contributed by atoms with Crippen molar-refractivity contribution in [3.63, 3.8) is 0 Å². The molecule has 1 fully saturated rings. The van der Waals surface area contributed by atoms with Gasteiger partial charge in [0, 0.05) is 26.6 Å². The number of carbonyl (C=O) groups excluding carboxylic acids is 2. The molecule has 2 aromatic heterocycles. The average molecular weight is 796 g/mol. The number of nitrogens with one attached hydrogen (secondary N) is 1. The van der Waals surface area contributed by atoms with Crippen molar-refractivity contribution < 1.29 is 38.4 Å². The van der Waals surface area contributed by atoms with Crippen LogP contribution < -0.4 is 14.8 Å². The summed E-state index contributed by atoms with van der Waals surface area (Å²) in [4.78, 5) is 54.5. The van der Waals surface area contributed by atoms with Gasteiger partial charge in [-0.2, -0.15) is 15.2 Å². The molecule has 0 saturated carbocycles. The Kier molecular flexibility index (Phi) is 12.3. The Hall–Kier alpha value is -6.99. The Morgan fingerprint density at radius 3 is 2.03 bits per heavy atom. The number of carbonyl (C=O) groups is 3. The number of morpholine rings is 1. The first-order valence-electron chi connectivity index (χ1n) is 18.8. The average Bonchev–Trinajstić information content (AvgIpc) is 3.71. The van der Waals surface area contributed by atoms with Crippen LogP contribution in [0.5, 0.6) is 11.6 Å². The number of hydrogen-bond acceptors (Lipinski definition) is 12. The zero-order valence-corrected chi connectivity index (χ0v) is 32.1. The molecule has 7 rings (SSSR count). The number of hydrogen-bond donors (Lipinski definition) is 2. The summed E-state index contributed by atoms with van der Waals surface area (Å²) in [7, 11) is 1.24. The van der Waals surface area contributed by atoms with Crippen molar-refractivity contribution in [1.29, 1.82) is 5.26 Å². The number of rotatable bonds is 17. The van der Waals surface area contributed by atoms with Crippen LogP contribution in [0.1, 0.15) is 35.8 Å². The van der Waals surface area contributed by atoms with Gasteiger partial charge >= 0.3 is 5.97 Å². The lowest BCUT2D eigenvalue weighted by Gasteiger charge is -2.52. The highest BCUT2D eigenvalue weighted by Gasteiger charge is 2.55. The van der Waals surface area contributed by atoms with E-state index in [0.29, 0.717) is 12.0 Å². The third-order valence-corrected chi connectivity index (χ3v) is 10.3. The molecule has 15 heteroatoms. The highest BCUT2D eigenvalue weighted by Crippen LogP contribution is 2.46. The minimum absolute atomic E-state index is 0.00238. The lowest BCUT2D eigenvalue weighted by molar-refractivity contribution is -0.222. The molecule has 1 unspecified atom stereocenters. The second kappa shape index (κ2) is 18.1. The fourth-order valence-corrected chi connectivity index (χ4v) is 7.57. The summed E-state index contributed by atoms with van der Waals surface area (Å²) in [5, 5.41) is 22.7. The Morgan fingerprint density at radius 2 is 1.49 bits per heavy atom. The number of carboxylic acid groups (broad SMARTS) is 1. The molecule has 1 aliphatic heterocycles. The molecular weight excluding hydrogens is 755 g/mol. The number of aromatic nitrogens is 4. The number of nitriles is 1. The van der Waals surface area contributed by atoms with Gasteiger partial charge < -0.3 is 28.8 Å². The van der Waals surface area contributed by atoms with Gasteiger partial charge in [0.05, 0.1) is 24.4 Å². The van der Waals surface area contributed by atoms with Gasteiger partial charge in [0.2, 0.25) is 11.8 Å². The molecule has 0 radical (unpaired) electrons. The van der Waals surface area contributed by atoms with Gasteiger partial charge in [0.15, 0.2) is 23.4 Å². The van der Waals surface area contributed by atoms with Gasteiger partial charge in [-0.3, -0.25) is 19.6 Å². The monoisotopic (exact) mass is 795 g/mol. The molecule has 1 amide bonds. The molecule has 6 aromatic rings. The number of carboxylic acids is 1. The number of nitrogens with zero attached hydrogens (tertiary/aromatic N) is 6. The highest BCUT2D eigenvalue weighted by molar-refractivity contribution is 5.91. The maximum Gasteiger partial charge on any atom is 0.339 e. The summed E-state index contributed by atoms with van der Waals surface area (Å²) in [5.74, 6) is -1.58. The molecule has 300 valence electrons. The number of para-hydroxylation sites is 1. The number of aldehydes is 1. The number of imidazole rings is 1. The normalized spacial score (nSPS) is 16.7. The van der Waals surface area contributed by atoms with Crippen LogP contribution in [0, 0.1) is 11.3 Å². The Bertz CT molecular complexity index is 2320. The lowest BCUT2D eigenvalue weighted by atomic mass is 9.74. The van der Waals surface area contributed by atoms with Crippen molar-refractivity contribution in [2.75, 3.05) is 38.7 Å². The number of methoxy groups -OCH3 is 1. The number of fused-ring (bicyclic) bond motifs is 1. The Morgan fingerprint density at radius 1 is 0.898 bits per heavy atom. The zero-order chi connectivity index (χ0) is 41.2. The third-order valence-electron chi connectivity index (χ3n) is 10.3. The molecule has 1 saturated heterocycles. The molecular formula is C44H41N7O8. The van der Waals surface area contributed by atoms with Crippen LogP contribution in [0.25, 0.3) is 11.2 Å². The Labute approximate surface area is 339 Å². The molecule has 15 nitrogen and oxygen atoms in total. The first kappa shape index (κ1) is 40.2. The lowest BCUT2D eigenvalue weighted by Crippen LogP contribution is -2.64. The predicted octanol–water partition coefficient (Wildman–Crippen LogP) is 5.39. The van der Waals surface area contributed by atoms with Crippen LogP contribution in [0.15, 0.2) is 128 Å². The fourth-order valence-electron chi connectivity index (χ4n) is 7.57. The van der Waals surface area contributed by atoms with Crippen molar-refractivity contribution in [3.05, 3.63) is 144 Å². The molecule has 0 bridgehead atoms. The molecule has 59 heavy (non-hydrogen) atoms. The van der Waals surface area contributed by atoms with E-state index in [0.717, 1.165) is 16.7 Å². The van der Waals surface area contributed by atoms with E-state index in [4.69, 9.17) is 18.9 Å². The molecule has 3 heterocycles. The molecule has 2 N–H and O–H groups in total. The quantitative estimate of drug-likeness (QED) is 0.0680. The number of amides is 1. The first-order valence-corrected chi connectivity index (χ1v) is 18.8. The van der Waals surface area contributed by atoms with Gasteiger partial charge in [-0.1, -0.05) is 109 Å². The van der Waals surface area contributed by atoms with Crippen LogP contribution in [-0.2, 0) is 29.4 Å². The minimum Gasteiger partial charge on any atom is -0.484 e. The van der Waals surface area contributed by atoms with E-state index in [1.807, 2.05) is 103 Å². The summed E-state index contributed by atoms with van der Waals surface area (Å²) in [6.45, 7) is -0.244. The van der Waals surface area contributed by atoms with E-state index < -0.39 is 41.8 Å². The molecule has 0 spiro atoms. The van der Waals surface area contributed by atoms with Crippen molar-refractivity contribution in [2.24, 2.45) is 0 Å². The molecule has 3 atom stereocenters. The van der Waals surface area contributed by atoms with Crippen molar-refractivity contribution in [1.82, 2.24) is 24.4 Å². The minimum atomic E-state index is -2.11. The number of aliphatic carboxylic acids is 1. The van der Waals surface area contributed by atoms with E-state index in [1.54, 1.807) is 28.8 Å². The van der Waals surface area contributed by atoms with Gasteiger partial charge in [-0.25, -0.2) is 9.78 Å². The smallest absolute Gasteiger partial charge is 0.339 e. The number of anilines is 1. The summed E-state index contributed by atoms with van der Waals surface area (Å²) in [6.07, 6.45) is -0.757. The van der Waals surface area contributed by atoms with Crippen LogP contribution in [0.4, 0.5) is 5.95 Å².